The number of nitrogens with zero attached hydrogens (tertiary/aromatic N) is 2. The zero-order valence-corrected chi connectivity index (χ0v) is 20.7. The molecule has 33 heavy (non-hydrogen) atoms. The summed E-state index contributed by atoms with van der Waals surface area (Å²) in [7, 11) is 1.74. The van der Waals surface area contributed by atoms with E-state index >= 15 is 0 Å². The summed E-state index contributed by atoms with van der Waals surface area (Å²) < 4.78 is 5.67. The normalized spacial score (nSPS) is 17.3. The van der Waals surface area contributed by atoms with Gasteiger partial charge in [-0.2, -0.15) is 0 Å². The van der Waals surface area contributed by atoms with E-state index in [0.29, 0.717) is 12.5 Å². The molecule has 0 atom stereocenters. The second-order valence-corrected chi connectivity index (χ2v) is 10.1. The lowest BCUT2D eigenvalue weighted by atomic mass is 9.97. The van der Waals surface area contributed by atoms with Crippen LogP contribution in [0, 0.1) is 5.92 Å². The molecular formula is C29H38N2O2. The van der Waals surface area contributed by atoms with E-state index in [1.807, 2.05) is 4.90 Å². The fraction of sp³-hybridized carbons (Fsp3) is 0.517. The summed E-state index contributed by atoms with van der Waals surface area (Å²) in [6.07, 6.45) is 8.13. The van der Waals surface area contributed by atoms with E-state index < -0.39 is 5.54 Å². The van der Waals surface area contributed by atoms with E-state index in [1.54, 1.807) is 7.11 Å². The van der Waals surface area contributed by atoms with Crippen LogP contribution in [-0.4, -0.2) is 29.3 Å². The standard InChI is InChI=1S/C29H38N2O2/c1-5-6-9-27-30-29(16-7-8-17-29)28(32)31(27)20-22-10-12-23(13-11-22)24-14-15-25(18-21(2)3)26(19-24)33-4/h10-15,19,21H,5-9,16-18,20H2,1-4H3. The van der Waals surface area contributed by atoms with Gasteiger partial charge >= 0.3 is 0 Å². The molecule has 0 aromatic heterocycles. The number of ether oxygens (including phenoxy) is 1. The van der Waals surface area contributed by atoms with Crippen molar-refractivity contribution >= 4 is 11.7 Å². The average molecular weight is 447 g/mol. The van der Waals surface area contributed by atoms with Crippen LogP contribution in [0.15, 0.2) is 47.5 Å². The molecule has 0 unspecified atom stereocenters. The van der Waals surface area contributed by atoms with E-state index in [-0.39, 0.29) is 5.91 Å². The number of carbonyl (C=O) groups excluding carboxylic acids is 1. The largest absolute Gasteiger partial charge is 0.496 e. The second-order valence-electron chi connectivity index (χ2n) is 10.1. The van der Waals surface area contributed by atoms with Gasteiger partial charge in [-0.3, -0.25) is 14.7 Å². The highest BCUT2D eigenvalue weighted by molar-refractivity contribution is 6.08. The van der Waals surface area contributed by atoms with Crippen molar-refractivity contribution in [2.75, 3.05) is 7.11 Å². The van der Waals surface area contributed by atoms with Crippen LogP contribution in [-0.2, 0) is 17.8 Å². The van der Waals surface area contributed by atoms with Crippen LogP contribution in [0.2, 0.25) is 0 Å². The van der Waals surface area contributed by atoms with E-state index in [0.717, 1.165) is 79.6 Å². The number of methoxy groups -OCH3 is 1. The number of benzene rings is 2. The Hall–Kier alpha value is -2.62. The maximum Gasteiger partial charge on any atom is 0.256 e. The Morgan fingerprint density at radius 3 is 2.39 bits per heavy atom. The Labute approximate surface area is 199 Å². The van der Waals surface area contributed by atoms with Crippen molar-refractivity contribution in [2.45, 2.75) is 84.2 Å². The zero-order chi connectivity index (χ0) is 23.4. The Morgan fingerprint density at radius 2 is 1.76 bits per heavy atom. The van der Waals surface area contributed by atoms with Crippen molar-refractivity contribution in [3.8, 4) is 16.9 Å². The van der Waals surface area contributed by atoms with Crippen molar-refractivity contribution in [1.82, 2.24) is 4.90 Å². The molecule has 4 rings (SSSR count). The summed E-state index contributed by atoms with van der Waals surface area (Å²) in [5, 5.41) is 0. The molecule has 2 aromatic rings. The molecule has 1 saturated carbocycles. The number of aliphatic imine (C=N–C) groups is 1. The Kier molecular flexibility index (Phi) is 7.21. The van der Waals surface area contributed by atoms with Crippen LogP contribution >= 0.6 is 0 Å². The van der Waals surface area contributed by atoms with Crippen molar-refractivity contribution in [3.05, 3.63) is 53.6 Å². The summed E-state index contributed by atoms with van der Waals surface area (Å²) in [6, 6.07) is 15.1. The highest BCUT2D eigenvalue weighted by atomic mass is 16.5. The van der Waals surface area contributed by atoms with Crippen LogP contribution in [0.1, 0.15) is 76.8 Å². The van der Waals surface area contributed by atoms with Gasteiger partial charge in [-0.15, -0.1) is 0 Å². The first-order valence-electron chi connectivity index (χ1n) is 12.6. The summed E-state index contributed by atoms with van der Waals surface area (Å²) in [6.45, 7) is 7.25. The minimum absolute atomic E-state index is 0.223. The van der Waals surface area contributed by atoms with Gasteiger partial charge in [0.15, 0.2) is 0 Å². The van der Waals surface area contributed by atoms with E-state index in [2.05, 4.69) is 63.2 Å². The molecule has 4 nitrogen and oxygen atoms in total. The molecule has 0 saturated heterocycles. The lowest BCUT2D eigenvalue weighted by Crippen LogP contribution is -2.40. The average Bonchev–Trinajstić information content (AvgIpc) is 3.39. The number of hydrogen-bond acceptors (Lipinski definition) is 3. The summed E-state index contributed by atoms with van der Waals surface area (Å²) >= 11 is 0. The maximum absolute atomic E-state index is 13.4. The van der Waals surface area contributed by atoms with Crippen LogP contribution in [0.25, 0.3) is 11.1 Å². The molecule has 1 heterocycles. The van der Waals surface area contributed by atoms with Crippen molar-refractivity contribution < 1.29 is 9.53 Å². The molecule has 176 valence electrons. The number of hydrogen-bond donors (Lipinski definition) is 0. The predicted octanol–water partition coefficient (Wildman–Crippen LogP) is 6.80. The first kappa shape index (κ1) is 23.5. The second kappa shape index (κ2) is 10.1. The Bertz CT molecular complexity index is 1000. The first-order valence-corrected chi connectivity index (χ1v) is 12.6. The van der Waals surface area contributed by atoms with Crippen LogP contribution in [0.4, 0.5) is 0 Å². The van der Waals surface area contributed by atoms with Gasteiger partial charge in [-0.1, -0.05) is 76.4 Å². The number of unbranched alkanes of at least 4 members (excludes halogenated alkanes) is 1. The fourth-order valence-corrected chi connectivity index (χ4v) is 5.22. The maximum atomic E-state index is 13.4. The van der Waals surface area contributed by atoms with Gasteiger partial charge in [0.25, 0.3) is 5.91 Å². The molecule has 4 heteroatoms. The molecule has 1 amide bonds. The van der Waals surface area contributed by atoms with E-state index in [1.165, 1.54) is 5.56 Å². The Balaban J connectivity index is 1.51. The molecule has 1 spiro atoms. The van der Waals surface area contributed by atoms with Gasteiger partial charge in [-0.25, -0.2) is 0 Å². The Morgan fingerprint density at radius 1 is 1.06 bits per heavy atom. The van der Waals surface area contributed by atoms with E-state index in [9.17, 15) is 4.79 Å². The number of amides is 1. The smallest absolute Gasteiger partial charge is 0.256 e. The molecule has 1 aliphatic heterocycles. The fourth-order valence-electron chi connectivity index (χ4n) is 5.22. The van der Waals surface area contributed by atoms with Crippen molar-refractivity contribution in [3.63, 3.8) is 0 Å². The number of carbonyl (C=O) groups is 1. The molecule has 2 aromatic carbocycles. The van der Waals surface area contributed by atoms with Gasteiger partial charge in [0.1, 0.15) is 17.1 Å². The van der Waals surface area contributed by atoms with Crippen LogP contribution in [0.3, 0.4) is 0 Å². The van der Waals surface area contributed by atoms with Gasteiger partial charge in [-0.05, 0) is 59.9 Å². The minimum Gasteiger partial charge on any atom is -0.496 e. The number of rotatable bonds is 9. The van der Waals surface area contributed by atoms with Crippen LogP contribution in [0.5, 0.6) is 5.75 Å². The molecule has 0 bridgehead atoms. The lowest BCUT2D eigenvalue weighted by molar-refractivity contribution is -0.131. The number of amidine groups is 1. The van der Waals surface area contributed by atoms with Gasteiger partial charge in [0, 0.05) is 6.42 Å². The summed E-state index contributed by atoms with van der Waals surface area (Å²) in [5.74, 6) is 2.76. The van der Waals surface area contributed by atoms with Crippen molar-refractivity contribution in [1.29, 1.82) is 0 Å². The molecular weight excluding hydrogens is 408 g/mol. The quantitative estimate of drug-likeness (QED) is 0.425. The molecule has 0 radical (unpaired) electrons. The lowest BCUT2D eigenvalue weighted by Gasteiger charge is -2.23. The topological polar surface area (TPSA) is 41.9 Å². The van der Waals surface area contributed by atoms with E-state index in [4.69, 9.17) is 9.73 Å². The van der Waals surface area contributed by atoms with Crippen molar-refractivity contribution in [2.24, 2.45) is 10.9 Å². The summed E-state index contributed by atoms with van der Waals surface area (Å²) in [4.78, 5) is 20.4. The first-order chi connectivity index (χ1) is 16.0. The highest BCUT2D eigenvalue weighted by Gasteiger charge is 2.49. The third kappa shape index (κ3) is 5.00. The van der Waals surface area contributed by atoms with Crippen LogP contribution < -0.4 is 4.74 Å². The van der Waals surface area contributed by atoms with Gasteiger partial charge in [0.05, 0.1) is 13.7 Å². The zero-order valence-electron chi connectivity index (χ0n) is 20.7. The molecule has 1 aliphatic carbocycles. The monoisotopic (exact) mass is 446 g/mol. The highest BCUT2D eigenvalue weighted by Crippen LogP contribution is 2.40. The van der Waals surface area contributed by atoms with Gasteiger partial charge in [0.2, 0.25) is 0 Å². The third-order valence-corrected chi connectivity index (χ3v) is 7.03. The predicted molar refractivity (Wildman–Crippen MR) is 136 cm³/mol. The minimum atomic E-state index is -0.461. The summed E-state index contributed by atoms with van der Waals surface area (Å²) in [5.41, 5.74) is 4.25. The van der Waals surface area contributed by atoms with Gasteiger partial charge < -0.3 is 4.74 Å². The SMILES string of the molecule is CCCCC1=NC2(CCCC2)C(=O)N1Cc1ccc(-c2ccc(CC(C)C)c(OC)c2)cc1. The third-order valence-electron chi connectivity index (χ3n) is 7.03. The molecule has 1 fully saturated rings. The molecule has 2 aliphatic rings. The molecule has 0 N–H and O–H groups in total.